The number of nitriles is 1. The van der Waals surface area contributed by atoms with E-state index in [0.717, 1.165) is 31.9 Å². The summed E-state index contributed by atoms with van der Waals surface area (Å²) >= 11 is 0. The van der Waals surface area contributed by atoms with Gasteiger partial charge in [0.1, 0.15) is 17.4 Å². The molecular weight excluding hydrogens is 436 g/mol. The minimum absolute atomic E-state index is 0.0926. The van der Waals surface area contributed by atoms with Crippen molar-refractivity contribution >= 4 is 11.6 Å². The molecule has 1 saturated heterocycles. The Bertz CT molecular complexity index is 1120. The maximum absolute atomic E-state index is 12.7. The van der Waals surface area contributed by atoms with Crippen molar-refractivity contribution in [1.29, 1.82) is 5.26 Å². The Hall–Kier alpha value is -4.08. The molecule has 178 valence electrons. The molecule has 1 N–H and O–H groups in total. The minimum Gasteiger partial charge on any atom is -0.494 e. The Labute approximate surface area is 207 Å². The van der Waals surface area contributed by atoms with Gasteiger partial charge >= 0.3 is 0 Å². The fourth-order valence-electron chi connectivity index (χ4n) is 4.33. The Balaban J connectivity index is 1.41. The van der Waals surface area contributed by atoms with E-state index in [-0.39, 0.29) is 11.6 Å². The van der Waals surface area contributed by atoms with Crippen LogP contribution in [0, 0.1) is 11.3 Å². The third kappa shape index (κ3) is 6.28. The van der Waals surface area contributed by atoms with Crippen molar-refractivity contribution in [1.82, 2.24) is 9.80 Å². The molecule has 6 heteroatoms. The molecule has 3 aromatic rings. The van der Waals surface area contributed by atoms with Crippen LogP contribution in [0.15, 0.2) is 96.7 Å². The normalized spacial score (nSPS) is 14.4. The van der Waals surface area contributed by atoms with Gasteiger partial charge in [0.05, 0.1) is 12.6 Å². The van der Waals surface area contributed by atoms with E-state index in [4.69, 9.17) is 4.74 Å². The van der Waals surface area contributed by atoms with Crippen molar-refractivity contribution < 1.29 is 9.53 Å². The summed E-state index contributed by atoms with van der Waals surface area (Å²) in [7, 11) is 0. The molecule has 0 bridgehead atoms. The standard InChI is InChI=1S/C29H30N4O2/c1-2-35-27-15-13-26(14-16-27)31-29(34)25(21-30)22-32-17-19-33(20-18-32)28(23-9-5-3-6-10-23)24-11-7-4-8-12-24/h3-16,22,28H,2,17-20H2,1H3,(H,31,34)/b25-22-. The van der Waals surface area contributed by atoms with Crippen LogP contribution in [-0.4, -0.2) is 48.5 Å². The molecule has 1 aliphatic heterocycles. The number of nitrogens with one attached hydrogen (secondary N) is 1. The zero-order chi connectivity index (χ0) is 24.5. The van der Waals surface area contributed by atoms with Crippen LogP contribution in [0.5, 0.6) is 5.75 Å². The number of anilines is 1. The van der Waals surface area contributed by atoms with Crippen molar-refractivity contribution in [2.24, 2.45) is 0 Å². The van der Waals surface area contributed by atoms with Crippen molar-refractivity contribution in [3.05, 3.63) is 108 Å². The molecule has 0 atom stereocenters. The van der Waals surface area contributed by atoms with Crippen LogP contribution in [0.3, 0.4) is 0 Å². The van der Waals surface area contributed by atoms with Gasteiger partial charge in [0, 0.05) is 38.1 Å². The van der Waals surface area contributed by atoms with E-state index < -0.39 is 5.91 Å². The first kappa shape index (κ1) is 24.1. The number of benzene rings is 3. The van der Waals surface area contributed by atoms with Crippen LogP contribution in [-0.2, 0) is 4.79 Å². The lowest BCUT2D eigenvalue weighted by Gasteiger charge is -2.39. The van der Waals surface area contributed by atoms with E-state index in [0.29, 0.717) is 12.3 Å². The molecular formula is C29H30N4O2. The Morgan fingerprint density at radius 1 is 0.943 bits per heavy atom. The predicted molar refractivity (Wildman–Crippen MR) is 138 cm³/mol. The molecule has 0 radical (unpaired) electrons. The molecule has 0 saturated carbocycles. The maximum Gasteiger partial charge on any atom is 0.267 e. The number of hydrogen-bond acceptors (Lipinski definition) is 5. The second-order valence-electron chi connectivity index (χ2n) is 8.36. The number of amides is 1. The minimum atomic E-state index is -0.412. The van der Waals surface area contributed by atoms with Gasteiger partial charge in [-0.15, -0.1) is 0 Å². The van der Waals surface area contributed by atoms with Gasteiger partial charge < -0.3 is 15.0 Å². The molecule has 0 aromatic heterocycles. The van der Waals surface area contributed by atoms with Crippen LogP contribution >= 0.6 is 0 Å². The van der Waals surface area contributed by atoms with Crippen molar-refractivity contribution in [3.8, 4) is 11.8 Å². The molecule has 3 aromatic carbocycles. The lowest BCUT2D eigenvalue weighted by Crippen LogP contribution is -2.46. The SMILES string of the molecule is CCOc1ccc(NC(=O)/C(C#N)=C\N2CCN(C(c3ccccc3)c3ccccc3)CC2)cc1. The summed E-state index contributed by atoms with van der Waals surface area (Å²) in [4.78, 5) is 17.2. The topological polar surface area (TPSA) is 68.6 Å². The lowest BCUT2D eigenvalue weighted by atomic mass is 9.96. The highest BCUT2D eigenvalue weighted by molar-refractivity contribution is 6.06. The number of carbonyl (C=O) groups excluding carboxylic acids is 1. The molecule has 1 heterocycles. The van der Waals surface area contributed by atoms with Crippen molar-refractivity contribution in [2.75, 3.05) is 38.1 Å². The molecule has 0 spiro atoms. The summed E-state index contributed by atoms with van der Waals surface area (Å²) in [5, 5.41) is 12.4. The first-order valence-electron chi connectivity index (χ1n) is 11.9. The second-order valence-corrected chi connectivity index (χ2v) is 8.36. The summed E-state index contributed by atoms with van der Waals surface area (Å²) in [6.45, 7) is 5.62. The van der Waals surface area contributed by atoms with E-state index in [9.17, 15) is 10.1 Å². The Morgan fingerprint density at radius 2 is 1.51 bits per heavy atom. The molecule has 4 rings (SSSR count). The molecule has 1 aliphatic rings. The first-order valence-corrected chi connectivity index (χ1v) is 11.9. The van der Waals surface area contributed by atoms with Gasteiger partial charge in [-0.05, 0) is 42.3 Å². The van der Waals surface area contributed by atoms with Crippen LogP contribution in [0.25, 0.3) is 0 Å². The summed E-state index contributed by atoms with van der Waals surface area (Å²) in [5.41, 5.74) is 3.23. The van der Waals surface area contributed by atoms with Crippen LogP contribution < -0.4 is 10.1 Å². The van der Waals surface area contributed by atoms with Gasteiger partial charge in [0.25, 0.3) is 5.91 Å². The van der Waals surface area contributed by atoms with E-state index in [1.807, 2.05) is 19.1 Å². The van der Waals surface area contributed by atoms with Gasteiger partial charge in [-0.2, -0.15) is 5.26 Å². The van der Waals surface area contributed by atoms with Gasteiger partial charge in [-0.25, -0.2) is 0 Å². The number of ether oxygens (including phenoxy) is 1. The fraction of sp³-hybridized carbons (Fsp3) is 0.241. The summed E-state index contributed by atoms with van der Waals surface area (Å²) in [5.74, 6) is 0.328. The monoisotopic (exact) mass is 466 g/mol. The quantitative estimate of drug-likeness (QED) is 0.380. The highest BCUT2D eigenvalue weighted by Gasteiger charge is 2.26. The lowest BCUT2D eigenvalue weighted by molar-refractivity contribution is -0.112. The molecule has 0 aliphatic carbocycles. The molecule has 1 fully saturated rings. The fourth-order valence-corrected chi connectivity index (χ4v) is 4.33. The number of carbonyl (C=O) groups is 1. The number of nitrogens with zero attached hydrogens (tertiary/aromatic N) is 3. The van der Waals surface area contributed by atoms with E-state index in [1.54, 1.807) is 30.5 Å². The summed E-state index contributed by atoms with van der Waals surface area (Å²) in [6, 6.07) is 30.4. The second kappa shape index (κ2) is 11.9. The van der Waals surface area contributed by atoms with Gasteiger partial charge in [0.2, 0.25) is 0 Å². The van der Waals surface area contributed by atoms with Gasteiger partial charge in [-0.1, -0.05) is 60.7 Å². The zero-order valence-electron chi connectivity index (χ0n) is 19.9. The maximum atomic E-state index is 12.7. The third-order valence-electron chi connectivity index (χ3n) is 6.04. The number of rotatable bonds is 8. The third-order valence-corrected chi connectivity index (χ3v) is 6.04. The van der Waals surface area contributed by atoms with Gasteiger partial charge in [-0.3, -0.25) is 9.69 Å². The highest BCUT2D eigenvalue weighted by Crippen LogP contribution is 2.29. The van der Waals surface area contributed by atoms with Crippen molar-refractivity contribution in [3.63, 3.8) is 0 Å². The summed E-state index contributed by atoms with van der Waals surface area (Å²) in [6.07, 6.45) is 1.68. The molecule has 35 heavy (non-hydrogen) atoms. The van der Waals surface area contributed by atoms with Crippen LogP contribution in [0.4, 0.5) is 5.69 Å². The van der Waals surface area contributed by atoms with E-state index >= 15 is 0 Å². The van der Waals surface area contributed by atoms with Gasteiger partial charge in [0.15, 0.2) is 0 Å². The van der Waals surface area contributed by atoms with Crippen LogP contribution in [0.2, 0.25) is 0 Å². The Kier molecular flexibility index (Phi) is 8.16. The molecule has 0 unspecified atom stereocenters. The molecule has 6 nitrogen and oxygen atoms in total. The van der Waals surface area contributed by atoms with E-state index in [2.05, 4.69) is 69.7 Å². The smallest absolute Gasteiger partial charge is 0.267 e. The largest absolute Gasteiger partial charge is 0.494 e. The zero-order valence-corrected chi connectivity index (χ0v) is 19.9. The number of hydrogen-bond donors (Lipinski definition) is 1. The van der Waals surface area contributed by atoms with E-state index in [1.165, 1.54) is 11.1 Å². The van der Waals surface area contributed by atoms with Crippen molar-refractivity contribution in [2.45, 2.75) is 13.0 Å². The molecule has 1 amide bonds. The predicted octanol–water partition coefficient (Wildman–Crippen LogP) is 4.84. The average Bonchev–Trinajstić information content (AvgIpc) is 2.91. The Morgan fingerprint density at radius 3 is 2.03 bits per heavy atom. The highest BCUT2D eigenvalue weighted by atomic mass is 16.5. The first-order chi connectivity index (χ1) is 17.2. The van der Waals surface area contributed by atoms with Crippen LogP contribution in [0.1, 0.15) is 24.1 Å². The number of piperazine rings is 1. The summed E-state index contributed by atoms with van der Waals surface area (Å²) < 4.78 is 5.43. The average molecular weight is 467 g/mol.